The zero-order chi connectivity index (χ0) is 18.3. The Hall–Kier alpha value is -2.08. The molecular formula is C18H28N2O4. The molecule has 6 heteroatoms. The number of hydrogen-bond donors (Lipinski definition) is 4. The van der Waals surface area contributed by atoms with Gasteiger partial charge >= 0.3 is 12.0 Å². The van der Waals surface area contributed by atoms with E-state index in [-0.39, 0.29) is 42.0 Å². The normalized spacial score (nSPS) is 13.6. The van der Waals surface area contributed by atoms with Gasteiger partial charge < -0.3 is 20.8 Å². The van der Waals surface area contributed by atoms with Gasteiger partial charge in [-0.15, -0.1) is 0 Å². The summed E-state index contributed by atoms with van der Waals surface area (Å²) in [7, 11) is 0. The summed E-state index contributed by atoms with van der Waals surface area (Å²) < 4.78 is 0. The molecule has 1 rings (SSSR count). The number of carbonyl (C=O) groups is 2. The van der Waals surface area contributed by atoms with E-state index in [9.17, 15) is 14.7 Å². The summed E-state index contributed by atoms with van der Waals surface area (Å²) in [6.07, 6.45) is 0. The molecule has 2 atom stereocenters. The number of carboxylic acids is 1. The van der Waals surface area contributed by atoms with Gasteiger partial charge in [-0.2, -0.15) is 0 Å². The van der Waals surface area contributed by atoms with Crippen molar-refractivity contribution >= 4 is 12.0 Å². The van der Waals surface area contributed by atoms with Crippen LogP contribution in [-0.4, -0.2) is 34.9 Å². The van der Waals surface area contributed by atoms with Crippen molar-refractivity contribution in [2.24, 2.45) is 17.8 Å². The van der Waals surface area contributed by atoms with Crippen molar-refractivity contribution in [3.8, 4) is 0 Å². The van der Waals surface area contributed by atoms with Crippen LogP contribution >= 0.6 is 0 Å². The largest absolute Gasteiger partial charge is 0.478 e. The lowest BCUT2D eigenvalue weighted by Gasteiger charge is -2.32. The number of urea groups is 1. The van der Waals surface area contributed by atoms with E-state index in [1.807, 2.05) is 27.7 Å². The van der Waals surface area contributed by atoms with Crippen LogP contribution in [-0.2, 0) is 6.54 Å². The van der Waals surface area contributed by atoms with Crippen LogP contribution in [0.25, 0.3) is 0 Å². The molecule has 0 aliphatic heterocycles. The van der Waals surface area contributed by atoms with Crippen molar-refractivity contribution in [2.45, 2.75) is 40.3 Å². The Kier molecular flexibility index (Phi) is 7.71. The molecule has 0 spiro atoms. The highest BCUT2D eigenvalue weighted by molar-refractivity contribution is 5.87. The van der Waals surface area contributed by atoms with Crippen LogP contribution in [0, 0.1) is 17.8 Å². The van der Waals surface area contributed by atoms with Gasteiger partial charge in [0.2, 0.25) is 0 Å². The van der Waals surface area contributed by atoms with Crippen LogP contribution in [0.4, 0.5) is 4.79 Å². The second-order valence-electron chi connectivity index (χ2n) is 6.69. The summed E-state index contributed by atoms with van der Waals surface area (Å²) in [5.41, 5.74) is 1.03. The number of hydrogen-bond acceptors (Lipinski definition) is 3. The van der Waals surface area contributed by atoms with Gasteiger partial charge in [0, 0.05) is 25.1 Å². The van der Waals surface area contributed by atoms with Gasteiger partial charge in [-0.05, 0) is 29.5 Å². The van der Waals surface area contributed by atoms with Crippen LogP contribution in [0.15, 0.2) is 24.3 Å². The van der Waals surface area contributed by atoms with E-state index in [0.29, 0.717) is 6.54 Å². The maximum absolute atomic E-state index is 12.2. The summed E-state index contributed by atoms with van der Waals surface area (Å²) in [5, 5.41) is 24.2. The fraction of sp³-hybridized carbons (Fsp3) is 0.556. The highest BCUT2D eigenvalue weighted by Gasteiger charge is 2.27. The van der Waals surface area contributed by atoms with E-state index >= 15 is 0 Å². The molecule has 134 valence electrons. The minimum absolute atomic E-state index is 0.00870. The zero-order valence-corrected chi connectivity index (χ0v) is 14.7. The number of aliphatic hydroxyl groups is 1. The van der Waals surface area contributed by atoms with E-state index in [1.165, 1.54) is 12.1 Å². The molecule has 1 aromatic rings. The van der Waals surface area contributed by atoms with Crippen LogP contribution in [0.1, 0.15) is 43.6 Å². The third kappa shape index (κ3) is 5.85. The number of aromatic carboxylic acids is 1. The Balaban J connectivity index is 2.61. The minimum Gasteiger partial charge on any atom is -0.478 e. The molecule has 0 aromatic heterocycles. The first-order valence-corrected chi connectivity index (χ1v) is 8.23. The lowest BCUT2D eigenvalue weighted by Crippen LogP contribution is -2.50. The second kappa shape index (κ2) is 9.27. The zero-order valence-electron chi connectivity index (χ0n) is 14.7. The first-order chi connectivity index (χ1) is 11.3. The molecule has 0 aliphatic rings. The number of amides is 2. The predicted molar refractivity (Wildman–Crippen MR) is 92.8 cm³/mol. The molecule has 0 aliphatic carbocycles. The Labute approximate surface area is 143 Å². The number of benzene rings is 1. The van der Waals surface area contributed by atoms with Crippen molar-refractivity contribution in [1.82, 2.24) is 10.6 Å². The molecule has 0 heterocycles. The molecule has 0 saturated heterocycles. The van der Waals surface area contributed by atoms with Gasteiger partial charge in [-0.3, -0.25) is 0 Å². The van der Waals surface area contributed by atoms with Crippen molar-refractivity contribution < 1.29 is 19.8 Å². The maximum Gasteiger partial charge on any atom is 0.335 e. The minimum atomic E-state index is -0.976. The average molecular weight is 336 g/mol. The topological polar surface area (TPSA) is 98.7 Å². The number of nitrogens with one attached hydrogen (secondary N) is 2. The van der Waals surface area contributed by atoms with E-state index < -0.39 is 5.97 Å². The maximum atomic E-state index is 12.2. The third-order valence-electron chi connectivity index (χ3n) is 4.20. The highest BCUT2D eigenvalue weighted by Crippen LogP contribution is 2.20. The quantitative estimate of drug-likeness (QED) is 0.586. The first-order valence-electron chi connectivity index (χ1n) is 8.23. The summed E-state index contributed by atoms with van der Waals surface area (Å²) >= 11 is 0. The van der Waals surface area contributed by atoms with Gasteiger partial charge in [-0.25, -0.2) is 9.59 Å². The van der Waals surface area contributed by atoms with Crippen LogP contribution in [0.2, 0.25) is 0 Å². The lowest BCUT2D eigenvalue weighted by molar-refractivity contribution is 0.0696. The summed E-state index contributed by atoms with van der Waals surface area (Å²) in [5.74, 6) is -0.530. The molecule has 2 amide bonds. The van der Waals surface area contributed by atoms with Crippen molar-refractivity contribution in [3.05, 3.63) is 35.4 Å². The smallest absolute Gasteiger partial charge is 0.335 e. The Bertz CT molecular complexity index is 540. The summed E-state index contributed by atoms with van der Waals surface area (Å²) in [6.45, 7) is 8.42. The van der Waals surface area contributed by atoms with E-state index in [0.717, 1.165) is 5.56 Å². The van der Waals surface area contributed by atoms with Crippen LogP contribution in [0.5, 0.6) is 0 Å². The van der Waals surface area contributed by atoms with Gasteiger partial charge in [0.05, 0.1) is 5.56 Å². The molecular weight excluding hydrogens is 308 g/mol. The lowest BCUT2D eigenvalue weighted by atomic mass is 9.83. The molecule has 4 N–H and O–H groups in total. The summed E-state index contributed by atoms with van der Waals surface area (Å²) in [6, 6.07) is 5.95. The monoisotopic (exact) mass is 336 g/mol. The predicted octanol–water partition coefficient (Wildman–Crippen LogP) is 2.47. The summed E-state index contributed by atoms with van der Waals surface area (Å²) in [4.78, 5) is 23.0. The Morgan fingerprint density at radius 2 is 1.62 bits per heavy atom. The fourth-order valence-corrected chi connectivity index (χ4v) is 2.66. The van der Waals surface area contributed by atoms with Crippen molar-refractivity contribution in [3.63, 3.8) is 0 Å². The average Bonchev–Trinajstić information content (AvgIpc) is 2.52. The third-order valence-corrected chi connectivity index (χ3v) is 4.20. The van der Waals surface area contributed by atoms with Crippen molar-refractivity contribution in [1.29, 1.82) is 0 Å². The van der Waals surface area contributed by atoms with Gasteiger partial charge in [0.25, 0.3) is 0 Å². The molecule has 0 saturated carbocycles. The molecule has 6 nitrogen and oxygen atoms in total. The number of rotatable bonds is 8. The molecule has 0 bridgehead atoms. The number of aliphatic hydroxyl groups excluding tert-OH is 1. The first kappa shape index (κ1) is 20.0. The highest BCUT2D eigenvalue weighted by atomic mass is 16.4. The van der Waals surface area contributed by atoms with E-state index in [4.69, 9.17) is 5.11 Å². The molecule has 1 aromatic carbocycles. The molecule has 2 unspecified atom stereocenters. The SMILES string of the molecule is CC(C)C(CO)C(NC(=O)NCc1ccc(C(=O)O)cc1)C(C)C. The molecule has 24 heavy (non-hydrogen) atoms. The van der Waals surface area contributed by atoms with E-state index in [2.05, 4.69) is 10.6 Å². The van der Waals surface area contributed by atoms with Crippen molar-refractivity contribution in [2.75, 3.05) is 6.61 Å². The van der Waals surface area contributed by atoms with Crippen LogP contribution < -0.4 is 10.6 Å². The second-order valence-corrected chi connectivity index (χ2v) is 6.69. The van der Waals surface area contributed by atoms with Crippen LogP contribution in [0.3, 0.4) is 0 Å². The molecule has 0 radical (unpaired) electrons. The Morgan fingerprint density at radius 3 is 2.04 bits per heavy atom. The van der Waals surface area contributed by atoms with Gasteiger partial charge in [-0.1, -0.05) is 39.8 Å². The van der Waals surface area contributed by atoms with Gasteiger partial charge in [0.1, 0.15) is 0 Å². The Morgan fingerprint density at radius 1 is 1.04 bits per heavy atom. The standard InChI is InChI=1S/C18H28N2O4/c1-11(2)15(10-21)16(12(3)4)20-18(24)19-9-13-5-7-14(8-6-13)17(22)23/h5-8,11-12,15-16,21H,9-10H2,1-4H3,(H,22,23)(H2,19,20,24). The van der Waals surface area contributed by atoms with E-state index in [1.54, 1.807) is 12.1 Å². The van der Waals surface area contributed by atoms with Gasteiger partial charge in [0.15, 0.2) is 0 Å². The molecule has 0 fully saturated rings. The number of carbonyl (C=O) groups excluding carboxylic acids is 1. The fourth-order valence-electron chi connectivity index (χ4n) is 2.66. The number of carboxylic acid groups (broad SMARTS) is 1.